The molecule has 1 heterocycles. The van der Waals surface area contributed by atoms with Crippen molar-refractivity contribution in [1.29, 1.82) is 0 Å². The van der Waals surface area contributed by atoms with E-state index in [9.17, 15) is 14.0 Å². The average molecular weight is 305 g/mol. The topological polar surface area (TPSA) is 66.4 Å². The van der Waals surface area contributed by atoms with E-state index in [4.69, 9.17) is 5.11 Å². The maximum Gasteiger partial charge on any atom is 0.328 e. The van der Waals surface area contributed by atoms with E-state index in [1.807, 2.05) is 0 Å². The number of nitrogens with one attached hydrogen (secondary N) is 1. The van der Waals surface area contributed by atoms with Crippen LogP contribution in [-0.4, -0.2) is 17.0 Å². The normalized spacial score (nSPS) is 10.8. The predicted octanol–water partition coefficient (Wildman–Crippen LogP) is 3.55. The van der Waals surface area contributed by atoms with Crippen molar-refractivity contribution in [3.05, 3.63) is 57.5 Å². The molecule has 0 saturated heterocycles. The van der Waals surface area contributed by atoms with Crippen molar-refractivity contribution in [3.8, 4) is 0 Å². The first-order chi connectivity index (χ1) is 9.97. The molecule has 0 radical (unpaired) electrons. The third-order valence-corrected chi connectivity index (χ3v) is 3.67. The highest BCUT2D eigenvalue weighted by Gasteiger charge is 2.13. The Kier molecular flexibility index (Phi) is 4.49. The van der Waals surface area contributed by atoms with Gasteiger partial charge in [0.2, 0.25) is 0 Å². The van der Waals surface area contributed by atoms with Crippen molar-refractivity contribution in [1.82, 2.24) is 0 Å². The summed E-state index contributed by atoms with van der Waals surface area (Å²) >= 11 is 1.21. The van der Waals surface area contributed by atoms with Crippen LogP contribution >= 0.6 is 11.3 Å². The highest BCUT2D eigenvalue weighted by molar-refractivity contribution is 7.12. The van der Waals surface area contributed by atoms with Gasteiger partial charge in [-0.25, -0.2) is 9.18 Å². The van der Waals surface area contributed by atoms with Gasteiger partial charge in [0, 0.05) is 11.8 Å². The molecule has 2 N–H and O–H groups in total. The van der Waals surface area contributed by atoms with Crippen LogP contribution in [0.2, 0.25) is 0 Å². The van der Waals surface area contributed by atoms with E-state index in [0.29, 0.717) is 21.7 Å². The smallest absolute Gasteiger partial charge is 0.328 e. The Bertz CT molecular complexity index is 721. The van der Waals surface area contributed by atoms with Gasteiger partial charge in [0.05, 0.1) is 4.88 Å². The fourth-order valence-corrected chi connectivity index (χ4v) is 2.52. The number of hydrogen-bond donors (Lipinski definition) is 2. The number of anilines is 1. The van der Waals surface area contributed by atoms with E-state index < -0.39 is 5.97 Å². The Hall–Kier alpha value is -2.47. The minimum Gasteiger partial charge on any atom is -0.478 e. The van der Waals surface area contributed by atoms with Crippen molar-refractivity contribution < 1.29 is 19.1 Å². The molecule has 1 aromatic heterocycles. The number of benzene rings is 1. The first kappa shape index (κ1) is 14.9. The summed E-state index contributed by atoms with van der Waals surface area (Å²) in [6, 6.07) is 5.75. The molecule has 6 heteroatoms. The predicted molar refractivity (Wildman–Crippen MR) is 80.1 cm³/mol. The highest BCUT2D eigenvalue weighted by Crippen LogP contribution is 2.22. The lowest BCUT2D eigenvalue weighted by atomic mass is 10.2. The number of carboxylic acid groups (broad SMARTS) is 1. The molecule has 1 aromatic carbocycles. The summed E-state index contributed by atoms with van der Waals surface area (Å²) in [6.07, 6.45) is 2.34. The summed E-state index contributed by atoms with van der Waals surface area (Å²) in [4.78, 5) is 23.1. The Labute approximate surface area is 124 Å². The lowest BCUT2D eigenvalue weighted by Gasteiger charge is -2.08. The second kappa shape index (κ2) is 6.32. The minimum absolute atomic E-state index is 0.357. The van der Waals surface area contributed by atoms with Crippen LogP contribution in [0.25, 0.3) is 6.08 Å². The van der Waals surface area contributed by atoms with E-state index in [1.54, 1.807) is 18.4 Å². The molecule has 1 amide bonds. The van der Waals surface area contributed by atoms with Gasteiger partial charge in [-0.05, 0) is 53.8 Å². The number of carboxylic acids is 1. The zero-order valence-electron chi connectivity index (χ0n) is 11.1. The van der Waals surface area contributed by atoms with Gasteiger partial charge in [-0.3, -0.25) is 4.79 Å². The molecule has 2 rings (SSSR count). The van der Waals surface area contributed by atoms with Crippen LogP contribution in [0.15, 0.2) is 35.7 Å². The summed E-state index contributed by atoms with van der Waals surface area (Å²) in [7, 11) is 0. The Balaban J connectivity index is 2.21. The molecule has 0 aliphatic rings. The van der Waals surface area contributed by atoms with Crippen LogP contribution in [0.1, 0.15) is 20.8 Å². The number of amides is 1. The number of carbonyl (C=O) groups is 2. The highest BCUT2D eigenvalue weighted by atomic mass is 32.1. The van der Waals surface area contributed by atoms with E-state index in [-0.39, 0.29) is 11.7 Å². The van der Waals surface area contributed by atoms with Gasteiger partial charge >= 0.3 is 5.97 Å². The van der Waals surface area contributed by atoms with Crippen molar-refractivity contribution >= 4 is 35.0 Å². The largest absolute Gasteiger partial charge is 0.478 e. The number of carbonyl (C=O) groups excluding carboxylic acids is 1. The molecule has 108 valence electrons. The number of rotatable bonds is 4. The third-order valence-electron chi connectivity index (χ3n) is 2.74. The zero-order valence-corrected chi connectivity index (χ0v) is 11.9. The van der Waals surface area contributed by atoms with Crippen LogP contribution in [0.4, 0.5) is 10.1 Å². The molecule has 0 aliphatic heterocycles. The number of halogens is 1. The monoisotopic (exact) mass is 305 g/mol. The van der Waals surface area contributed by atoms with Gasteiger partial charge in [0.25, 0.3) is 5.91 Å². The summed E-state index contributed by atoms with van der Waals surface area (Å²) < 4.78 is 13.0. The minimum atomic E-state index is -1.08. The van der Waals surface area contributed by atoms with Gasteiger partial charge in [-0.15, -0.1) is 11.3 Å². The van der Waals surface area contributed by atoms with Crippen LogP contribution < -0.4 is 5.32 Å². The molecule has 0 bridgehead atoms. The van der Waals surface area contributed by atoms with Crippen LogP contribution in [-0.2, 0) is 4.79 Å². The molecule has 0 saturated carbocycles. The maximum absolute atomic E-state index is 13.0. The molecule has 0 atom stereocenters. The molecule has 2 aromatic rings. The van der Waals surface area contributed by atoms with Crippen LogP contribution in [0.3, 0.4) is 0 Å². The number of aryl methyl sites for hydroxylation is 1. The molecule has 0 fully saturated rings. The summed E-state index contributed by atoms with van der Waals surface area (Å²) in [5.74, 6) is -1.81. The second-order valence-electron chi connectivity index (χ2n) is 4.29. The summed E-state index contributed by atoms with van der Waals surface area (Å²) in [5.41, 5.74) is 1.66. The number of aliphatic carboxylic acids is 1. The van der Waals surface area contributed by atoms with E-state index >= 15 is 0 Å². The zero-order chi connectivity index (χ0) is 15.4. The average Bonchev–Trinajstić information content (AvgIpc) is 2.88. The first-order valence-corrected chi connectivity index (χ1v) is 6.91. The number of thiophene rings is 1. The molecular weight excluding hydrogens is 293 g/mol. The SMILES string of the molecule is Cc1cc(F)ccc1NC(=O)c1sccc1C=CC(=O)O. The molecule has 0 unspecified atom stereocenters. The molecule has 0 spiro atoms. The van der Waals surface area contributed by atoms with Crippen LogP contribution in [0.5, 0.6) is 0 Å². The summed E-state index contributed by atoms with van der Waals surface area (Å²) in [6.45, 7) is 1.69. The van der Waals surface area contributed by atoms with Crippen molar-refractivity contribution in [2.45, 2.75) is 6.92 Å². The van der Waals surface area contributed by atoms with Gasteiger partial charge in [-0.1, -0.05) is 0 Å². The number of hydrogen-bond acceptors (Lipinski definition) is 3. The van der Waals surface area contributed by atoms with Crippen molar-refractivity contribution in [2.24, 2.45) is 0 Å². The quantitative estimate of drug-likeness (QED) is 0.849. The van der Waals surface area contributed by atoms with E-state index in [1.165, 1.54) is 35.6 Å². The van der Waals surface area contributed by atoms with Gasteiger partial charge in [0.15, 0.2) is 0 Å². The Morgan fingerprint density at radius 2 is 2.10 bits per heavy atom. The fourth-order valence-electron chi connectivity index (χ4n) is 1.74. The Morgan fingerprint density at radius 1 is 1.33 bits per heavy atom. The summed E-state index contributed by atoms with van der Waals surface area (Å²) in [5, 5.41) is 13.0. The van der Waals surface area contributed by atoms with Gasteiger partial charge in [-0.2, -0.15) is 0 Å². The molecular formula is C15H12FNO3S. The molecule has 0 aliphatic carbocycles. The molecule has 4 nitrogen and oxygen atoms in total. The fraction of sp³-hybridized carbons (Fsp3) is 0.0667. The lowest BCUT2D eigenvalue weighted by molar-refractivity contribution is -0.131. The maximum atomic E-state index is 13.0. The first-order valence-electron chi connectivity index (χ1n) is 6.03. The van der Waals surface area contributed by atoms with E-state index in [0.717, 1.165) is 6.08 Å². The Morgan fingerprint density at radius 3 is 2.76 bits per heavy atom. The molecule has 21 heavy (non-hydrogen) atoms. The standard InChI is InChI=1S/C15H12FNO3S/c1-9-8-11(16)3-4-12(9)17-15(20)14-10(6-7-21-14)2-5-13(18)19/h2-8H,1H3,(H,17,20)(H,18,19). The van der Waals surface area contributed by atoms with Gasteiger partial charge < -0.3 is 10.4 Å². The van der Waals surface area contributed by atoms with Crippen molar-refractivity contribution in [2.75, 3.05) is 5.32 Å². The van der Waals surface area contributed by atoms with E-state index in [2.05, 4.69) is 5.32 Å². The van der Waals surface area contributed by atoms with Crippen LogP contribution in [0, 0.1) is 12.7 Å². The lowest BCUT2D eigenvalue weighted by Crippen LogP contribution is -2.12. The second-order valence-corrected chi connectivity index (χ2v) is 5.21. The van der Waals surface area contributed by atoms with Gasteiger partial charge in [0.1, 0.15) is 5.82 Å². The third kappa shape index (κ3) is 3.76. The van der Waals surface area contributed by atoms with Crippen molar-refractivity contribution in [3.63, 3.8) is 0 Å².